The van der Waals surface area contributed by atoms with Gasteiger partial charge in [-0.05, 0) is 12.8 Å². The van der Waals surface area contributed by atoms with Crippen LogP contribution in [0.3, 0.4) is 0 Å². The molecule has 0 saturated carbocycles. The van der Waals surface area contributed by atoms with Gasteiger partial charge in [0.25, 0.3) is 0 Å². The van der Waals surface area contributed by atoms with Gasteiger partial charge in [-0.15, -0.1) is 0 Å². The van der Waals surface area contributed by atoms with Crippen molar-refractivity contribution in [2.24, 2.45) is 0 Å². The van der Waals surface area contributed by atoms with Crippen LogP contribution in [0.2, 0.25) is 1.41 Å². The molecule has 2 fully saturated rings. The van der Waals surface area contributed by atoms with E-state index in [1.54, 1.807) is 0 Å². The van der Waals surface area contributed by atoms with Gasteiger partial charge in [-0.3, -0.25) is 19.8 Å². The van der Waals surface area contributed by atoms with Gasteiger partial charge in [-0.25, -0.2) is 4.79 Å². The van der Waals surface area contributed by atoms with Gasteiger partial charge in [-0.1, -0.05) is 0 Å². The van der Waals surface area contributed by atoms with Crippen molar-refractivity contribution in [1.29, 1.82) is 0 Å². The van der Waals surface area contributed by atoms with Crippen LogP contribution in [-0.4, -0.2) is 42.0 Å². The number of urea groups is 1. The van der Waals surface area contributed by atoms with E-state index in [0.717, 1.165) is 4.90 Å². The standard InChI is InChI=1S/C9H12N2O4/c12-7-5-8(13)11(9(14)10-7)6-1-3-15-4-2-6/h6H,1-5H2,(H,10,12,14)/i/hD. The van der Waals surface area contributed by atoms with Crippen LogP contribution in [0.5, 0.6) is 0 Å². The highest BCUT2D eigenvalue weighted by Crippen LogP contribution is 2.17. The van der Waals surface area contributed by atoms with Crippen molar-refractivity contribution in [3.8, 4) is 0 Å². The van der Waals surface area contributed by atoms with Gasteiger partial charge < -0.3 is 4.74 Å². The average molecular weight is 213 g/mol. The molecular weight excluding hydrogens is 200 g/mol. The third-order valence-electron chi connectivity index (χ3n) is 2.55. The summed E-state index contributed by atoms with van der Waals surface area (Å²) >= 11 is 0. The predicted molar refractivity (Wildman–Crippen MR) is 48.8 cm³/mol. The van der Waals surface area contributed by atoms with E-state index in [0.29, 0.717) is 26.1 Å². The SMILES string of the molecule is [2H]N1C(=O)CC(=O)N(C2CCOCC2)C1=O. The summed E-state index contributed by atoms with van der Waals surface area (Å²) in [6.07, 6.45) is 0.742. The monoisotopic (exact) mass is 213 g/mol. The first kappa shape index (κ1) is 8.84. The van der Waals surface area contributed by atoms with Gasteiger partial charge >= 0.3 is 6.03 Å². The Hall–Kier alpha value is -1.43. The number of amides is 4. The van der Waals surface area contributed by atoms with Gasteiger partial charge in [0, 0.05) is 19.3 Å². The third kappa shape index (κ3) is 1.99. The average Bonchev–Trinajstić information content (AvgIpc) is 2.28. The molecule has 4 amide bonds. The normalized spacial score (nSPS) is 25.9. The summed E-state index contributed by atoms with van der Waals surface area (Å²) in [6, 6.07) is -1.08. The molecule has 2 aliphatic rings. The van der Waals surface area contributed by atoms with E-state index in [1.165, 1.54) is 0 Å². The Kier molecular flexibility index (Phi) is 2.34. The second-order valence-corrected chi connectivity index (χ2v) is 3.57. The van der Waals surface area contributed by atoms with Crippen molar-refractivity contribution in [2.75, 3.05) is 13.2 Å². The first-order chi connectivity index (χ1) is 7.61. The van der Waals surface area contributed by atoms with E-state index in [4.69, 9.17) is 6.15 Å². The van der Waals surface area contributed by atoms with Crippen LogP contribution in [0.4, 0.5) is 4.79 Å². The molecule has 0 aromatic rings. The van der Waals surface area contributed by atoms with Gasteiger partial charge in [0.1, 0.15) is 6.42 Å². The number of hydrogen-bond acceptors (Lipinski definition) is 4. The topological polar surface area (TPSA) is 75.7 Å². The van der Waals surface area contributed by atoms with Crippen LogP contribution in [0.25, 0.3) is 0 Å². The zero-order chi connectivity index (χ0) is 11.7. The van der Waals surface area contributed by atoms with Crippen LogP contribution in [0.15, 0.2) is 0 Å². The largest absolute Gasteiger partial charge is 0.381 e. The van der Waals surface area contributed by atoms with Crippen molar-refractivity contribution in [1.82, 2.24) is 10.2 Å². The van der Waals surface area contributed by atoms with E-state index in [2.05, 4.69) is 0 Å². The Balaban J connectivity index is 2.15. The first-order valence-corrected chi connectivity index (χ1v) is 4.87. The number of nitrogens with one attached hydrogen (secondary N) is 1. The summed E-state index contributed by atoms with van der Waals surface area (Å²) in [6.45, 7) is 0.987. The second kappa shape index (κ2) is 3.98. The molecule has 1 N–H and O–H groups in total. The lowest BCUT2D eigenvalue weighted by Gasteiger charge is -2.34. The quantitative estimate of drug-likeness (QED) is 0.603. The molecule has 15 heavy (non-hydrogen) atoms. The highest BCUT2D eigenvalue weighted by atomic mass is 16.5. The summed E-state index contributed by atoms with van der Waals surface area (Å²) in [5, 5.41) is 0.261. The zero-order valence-electron chi connectivity index (χ0n) is 9.14. The molecule has 2 rings (SSSR count). The molecule has 0 aromatic heterocycles. The van der Waals surface area contributed by atoms with Gasteiger partial charge in [0.05, 0.1) is 0 Å². The summed E-state index contributed by atoms with van der Waals surface area (Å²) in [4.78, 5) is 35.3. The van der Waals surface area contributed by atoms with Crippen LogP contribution < -0.4 is 5.31 Å². The Morgan fingerprint density at radius 2 is 2.00 bits per heavy atom. The fourth-order valence-electron chi connectivity index (χ4n) is 1.82. The summed E-state index contributed by atoms with van der Waals surface area (Å²) in [5.41, 5.74) is 0. The summed E-state index contributed by atoms with van der Waals surface area (Å²) in [5.74, 6) is -1.27. The number of carbonyl (C=O) groups excluding carboxylic acids is 3. The van der Waals surface area contributed by atoms with Crippen LogP contribution in [0.1, 0.15) is 19.3 Å². The molecule has 0 spiro atoms. The zero-order valence-corrected chi connectivity index (χ0v) is 8.14. The number of nitrogens with zero attached hydrogens (tertiary/aromatic N) is 1. The van der Waals surface area contributed by atoms with Crippen LogP contribution >= 0.6 is 0 Å². The highest BCUT2D eigenvalue weighted by molar-refractivity contribution is 6.14. The van der Waals surface area contributed by atoms with Crippen molar-refractivity contribution in [3.63, 3.8) is 0 Å². The minimum atomic E-state index is -0.840. The summed E-state index contributed by atoms with van der Waals surface area (Å²) in [7, 11) is 0. The molecule has 6 heteroatoms. The fraction of sp³-hybridized carbons (Fsp3) is 0.667. The molecule has 6 nitrogen and oxygen atoms in total. The first-order valence-electron chi connectivity index (χ1n) is 5.31. The molecule has 0 bridgehead atoms. The Morgan fingerprint density at radius 3 is 2.67 bits per heavy atom. The summed E-state index contributed by atoms with van der Waals surface area (Å²) < 4.78 is 12.4. The Labute approximate surface area is 88.0 Å². The predicted octanol–water partition coefficient (Wildman–Crippen LogP) is -0.366. The number of rotatable bonds is 1. The maximum Gasteiger partial charge on any atom is 0.331 e. The molecule has 2 saturated heterocycles. The van der Waals surface area contributed by atoms with Crippen molar-refractivity contribution < 1.29 is 20.5 Å². The Morgan fingerprint density at radius 1 is 1.33 bits per heavy atom. The molecular formula is C9H12N2O4. The van der Waals surface area contributed by atoms with E-state index < -0.39 is 24.3 Å². The maximum atomic E-state index is 11.6. The molecule has 0 radical (unpaired) electrons. The van der Waals surface area contributed by atoms with E-state index in [9.17, 15) is 14.4 Å². The third-order valence-corrected chi connectivity index (χ3v) is 2.55. The maximum absolute atomic E-state index is 11.6. The van der Waals surface area contributed by atoms with Crippen molar-refractivity contribution in [2.45, 2.75) is 25.3 Å². The number of hydrogen-bond donors (Lipinski definition) is 1. The molecule has 0 aliphatic carbocycles. The molecule has 0 aromatic carbocycles. The lowest BCUT2D eigenvalue weighted by Crippen LogP contribution is -2.57. The lowest BCUT2D eigenvalue weighted by atomic mass is 10.1. The van der Waals surface area contributed by atoms with Gasteiger partial charge in [-0.2, -0.15) is 0 Å². The van der Waals surface area contributed by atoms with Crippen LogP contribution in [-0.2, 0) is 14.3 Å². The number of barbiturate groups is 1. The minimum absolute atomic E-state index is 0.241. The molecule has 0 atom stereocenters. The van der Waals surface area contributed by atoms with E-state index in [1.807, 2.05) is 0 Å². The smallest absolute Gasteiger partial charge is 0.331 e. The lowest BCUT2D eigenvalue weighted by molar-refractivity contribution is -0.138. The molecule has 0 unspecified atom stereocenters. The van der Waals surface area contributed by atoms with Crippen LogP contribution in [0, 0.1) is 0 Å². The fourth-order valence-corrected chi connectivity index (χ4v) is 1.82. The van der Waals surface area contributed by atoms with Gasteiger partial charge in [0.2, 0.25) is 11.8 Å². The highest BCUT2D eigenvalue weighted by Gasteiger charge is 2.36. The molecule has 2 heterocycles. The molecule has 2 aliphatic heterocycles. The van der Waals surface area contributed by atoms with E-state index in [-0.39, 0.29) is 11.4 Å². The second-order valence-electron chi connectivity index (χ2n) is 3.57. The van der Waals surface area contributed by atoms with E-state index >= 15 is 0 Å². The number of imide groups is 2. The van der Waals surface area contributed by atoms with Gasteiger partial charge in [0.15, 0.2) is 1.41 Å². The minimum Gasteiger partial charge on any atom is -0.381 e. The number of carbonyl (C=O) groups is 3. The van der Waals surface area contributed by atoms with Crippen molar-refractivity contribution >= 4 is 17.8 Å². The number of ether oxygens (including phenoxy) is 1. The van der Waals surface area contributed by atoms with Crippen molar-refractivity contribution in [3.05, 3.63) is 0 Å². The molecule has 82 valence electrons. The Bertz CT molecular complexity index is 340.